The zero-order valence-corrected chi connectivity index (χ0v) is 16.4. The van der Waals surface area contributed by atoms with Crippen LogP contribution in [0.25, 0.3) is 0 Å². The summed E-state index contributed by atoms with van der Waals surface area (Å²) in [5.74, 6) is -0.635. The van der Waals surface area contributed by atoms with E-state index >= 15 is 0 Å². The van der Waals surface area contributed by atoms with Crippen molar-refractivity contribution in [2.75, 3.05) is 18.4 Å². The molecule has 4 nitrogen and oxygen atoms in total. The molecule has 2 aromatic rings. The normalized spacial score (nSPS) is 14.7. The number of carbonyl (C=O) groups excluding carboxylic acids is 1. The first-order valence-corrected chi connectivity index (χ1v) is 9.53. The molecule has 1 heterocycles. The van der Waals surface area contributed by atoms with Gasteiger partial charge in [0.1, 0.15) is 5.82 Å². The van der Waals surface area contributed by atoms with Crippen LogP contribution in [0.1, 0.15) is 34.3 Å². The average Bonchev–Trinajstić information content (AvgIpc) is 2.64. The molecule has 0 unspecified atom stereocenters. The minimum Gasteiger partial charge on any atom is -0.349 e. The zero-order chi connectivity index (χ0) is 19.4. The summed E-state index contributed by atoms with van der Waals surface area (Å²) in [7, 11) is 0. The van der Waals surface area contributed by atoms with E-state index in [1.165, 1.54) is 17.7 Å². The Kier molecular flexibility index (Phi) is 6.06. The van der Waals surface area contributed by atoms with Crippen molar-refractivity contribution in [2.45, 2.75) is 32.7 Å². The van der Waals surface area contributed by atoms with E-state index in [4.69, 9.17) is 12.2 Å². The minimum absolute atomic E-state index is 0.0703. The second kappa shape index (κ2) is 8.48. The van der Waals surface area contributed by atoms with Gasteiger partial charge in [-0.2, -0.15) is 0 Å². The molecule has 0 aromatic heterocycles. The molecule has 0 spiro atoms. The van der Waals surface area contributed by atoms with E-state index in [0.717, 1.165) is 37.2 Å². The number of thiocarbonyl (C=S) groups is 1. The van der Waals surface area contributed by atoms with Crippen LogP contribution in [0.4, 0.5) is 10.1 Å². The topological polar surface area (TPSA) is 44.4 Å². The summed E-state index contributed by atoms with van der Waals surface area (Å²) in [5.41, 5.74) is 3.75. The molecule has 6 heteroatoms. The SMILES string of the molecule is Cc1ccc(NC(=S)N2CCC(NC(=O)c3cccc(F)c3)CC2)c(C)c1. The van der Waals surface area contributed by atoms with Gasteiger partial charge >= 0.3 is 0 Å². The molecule has 2 N–H and O–H groups in total. The summed E-state index contributed by atoms with van der Waals surface area (Å²) in [6.07, 6.45) is 1.60. The van der Waals surface area contributed by atoms with Gasteiger partial charge in [-0.1, -0.05) is 23.8 Å². The van der Waals surface area contributed by atoms with Crippen molar-refractivity contribution in [2.24, 2.45) is 0 Å². The van der Waals surface area contributed by atoms with Gasteiger partial charge in [-0.05, 0) is 68.7 Å². The van der Waals surface area contributed by atoms with E-state index in [-0.39, 0.29) is 11.9 Å². The first-order chi connectivity index (χ1) is 12.9. The minimum atomic E-state index is -0.403. The molecule has 27 heavy (non-hydrogen) atoms. The van der Waals surface area contributed by atoms with Crippen molar-refractivity contribution < 1.29 is 9.18 Å². The number of carbonyl (C=O) groups is 1. The van der Waals surface area contributed by atoms with Gasteiger partial charge in [0.05, 0.1) is 0 Å². The summed E-state index contributed by atoms with van der Waals surface area (Å²) >= 11 is 5.55. The van der Waals surface area contributed by atoms with E-state index in [1.807, 2.05) is 6.07 Å². The molecule has 2 aromatic carbocycles. The lowest BCUT2D eigenvalue weighted by Gasteiger charge is -2.34. The van der Waals surface area contributed by atoms with Gasteiger partial charge in [0.15, 0.2) is 5.11 Å². The largest absolute Gasteiger partial charge is 0.349 e. The van der Waals surface area contributed by atoms with Gasteiger partial charge in [0.2, 0.25) is 0 Å². The number of piperidine rings is 1. The number of halogens is 1. The molecule has 1 aliphatic heterocycles. The fraction of sp³-hybridized carbons (Fsp3) is 0.333. The average molecular weight is 386 g/mol. The maximum atomic E-state index is 13.3. The quantitative estimate of drug-likeness (QED) is 0.783. The van der Waals surface area contributed by atoms with Crippen molar-refractivity contribution in [3.8, 4) is 0 Å². The Morgan fingerprint density at radius 1 is 1.15 bits per heavy atom. The fourth-order valence-corrected chi connectivity index (χ4v) is 3.57. The summed E-state index contributed by atoms with van der Waals surface area (Å²) in [6.45, 7) is 5.67. The Bertz CT molecular complexity index is 847. The third kappa shape index (κ3) is 5.04. The van der Waals surface area contributed by atoms with Crippen LogP contribution in [0.2, 0.25) is 0 Å². The fourth-order valence-electron chi connectivity index (χ4n) is 3.27. The van der Waals surface area contributed by atoms with Crippen LogP contribution in [0.15, 0.2) is 42.5 Å². The molecule has 0 saturated carbocycles. The van der Waals surface area contributed by atoms with Crippen LogP contribution in [0.5, 0.6) is 0 Å². The van der Waals surface area contributed by atoms with Gasteiger partial charge in [-0.25, -0.2) is 4.39 Å². The first kappa shape index (κ1) is 19.3. The monoisotopic (exact) mass is 385 g/mol. The zero-order valence-electron chi connectivity index (χ0n) is 15.6. The number of benzene rings is 2. The summed E-state index contributed by atoms with van der Waals surface area (Å²) in [5, 5.41) is 7.02. The van der Waals surface area contributed by atoms with Crippen molar-refractivity contribution in [3.05, 3.63) is 65.0 Å². The van der Waals surface area contributed by atoms with Gasteiger partial charge in [0, 0.05) is 30.4 Å². The van der Waals surface area contributed by atoms with Crippen LogP contribution in [0.3, 0.4) is 0 Å². The van der Waals surface area contributed by atoms with Gasteiger partial charge < -0.3 is 15.5 Å². The molecule has 0 radical (unpaired) electrons. The van der Waals surface area contributed by atoms with Crippen LogP contribution in [-0.2, 0) is 0 Å². The van der Waals surface area contributed by atoms with Gasteiger partial charge in [-0.15, -0.1) is 0 Å². The molecule has 1 aliphatic rings. The Morgan fingerprint density at radius 2 is 1.89 bits per heavy atom. The molecular weight excluding hydrogens is 361 g/mol. The Morgan fingerprint density at radius 3 is 2.56 bits per heavy atom. The summed E-state index contributed by atoms with van der Waals surface area (Å²) < 4.78 is 13.3. The van der Waals surface area contributed by atoms with E-state index in [2.05, 4.69) is 41.5 Å². The van der Waals surface area contributed by atoms with Crippen LogP contribution in [-0.4, -0.2) is 35.1 Å². The molecular formula is C21H24FN3OS. The Labute approximate surface area is 164 Å². The highest BCUT2D eigenvalue weighted by Gasteiger charge is 2.23. The van der Waals surface area contributed by atoms with Crippen molar-refractivity contribution >= 4 is 28.9 Å². The highest BCUT2D eigenvalue weighted by atomic mass is 32.1. The first-order valence-electron chi connectivity index (χ1n) is 9.12. The standard InChI is InChI=1S/C21H24FN3OS/c1-14-6-7-19(15(2)12-14)24-21(27)25-10-8-18(9-11-25)23-20(26)16-4-3-5-17(22)13-16/h3-7,12-13,18H,8-11H2,1-2H3,(H,23,26)(H,24,27). The second-order valence-corrected chi connectivity index (χ2v) is 7.38. The summed E-state index contributed by atoms with van der Waals surface area (Å²) in [4.78, 5) is 14.4. The van der Waals surface area contributed by atoms with Crippen LogP contribution in [0, 0.1) is 19.7 Å². The number of hydrogen-bond acceptors (Lipinski definition) is 2. The van der Waals surface area contributed by atoms with Gasteiger partial charge in [-0.3, -0.25) is 4.79 Å². The molecule has 3 rings (SSSR count). The third-order valence-electron chi connectivity index (χ3n) is 4.83. The number of amides is 1. The predicted octanol–water partition coefficient (Wildman–Crippen LogP) is 4.03. The lowest BCUT2D eigenvalue weighted by atomic mass is 10.0. The lowest BCUT2D eigenvalue weighted by Crippen LogP contribution is -2.47. The van der Waals surface area contributed by atoms with Crippen molar-refractivity contribution in [1.29, 1.82) is 0 Å². The maximum Gasteiger partial charge on any atom is 0.251 e. The summed E-state index contributed by atoms with van der Waals surface area (Å²) in [6, 6.07) is 12.1. The molecule has 0 bridgehead atoms. The number of anilines is 1. The number of hydrogen-bond donors (Lipinski definition) is 2. The van der Waals surface area contributed by atoms with E-state index in [0.29, 0.717) is 10.7 Å². The van der Waals surface area contributed by atoms with Crippen LogP contribution >= 0.6 is 12.2 Å². The maximum absolute atomic E-state index is 13.3. The van der Waals surface area contributed by atoms with E-state index in [9.17, 15) is 9.18 Å². The lowest BCUT2D eigenvalue weighted by molar-refractivity contribution is 0.0922. The molecule has 142 valence electrons. The Hall–Kier alpha value is -2.47. The number of rotatable bonds is 3. The third-order valence-corrected chi connectivity index (χ3v) is 5.19. The van der Waals surface area contributed by atoms with Crippen molar-refractivity contribution in [3.63, 3.8) is 0 Å². The van der Waals surface area contributed by atoms with Crippen LogP contribution < -0.4 is 10.6 Å². The molecule has 0 aliphatic carbocycles. The van der Waals surface area contributed by atoms with Crippen molar-refractivity contribution in [1.82, 2.24) is 10.2 Å². The molecule has 1 amide bonds. The van der Waals surface area contributed by atoms with Gasteiger partial charge in [0.25, 0.3) is 5.91 Å². The molecule has 1 fully saturated rings. The highest BCUT2D eigenvalue weighted by molar-refractivity contribution is 7.80. The van der Waals surface area contributed by atoms with E-state index in [1.54, 1.807) is 12.1 Å². The Balaban J connectivity index is 1.51. The second-order valence-electron chi connectivity index (χ2n) is 6.99. The smallest absolute Gasteiger partial charge is 0.251 e. The number of nitrogens with zero attached hydrogens (tertiary/aromatic N) is 1. The highest BCUT2D eigenvalue weighted by Crippen LogP contribution is 2.18. The number of likely N-dealkylation sites (tertiary alicyclic amines) is 1. The predicted molar refractivity (Wildman–Crippen MR) is 111 cm³/mol. The molecule has 0 atom stereocenters. The number of nitrogens with one attached hydrogen (secondary N) is 2. The van der Waals surface area contributed by atoms with E-state index < -0.39 is 5.82 Å². The number of aryl methyl sites for hydroxylation is 2. The molecule has 1 saturated heterocycles.